The Bertz CT molecular complexity index is 207. The highest BCUT2D eigenvalue weighted by atomic mass is 16.5. The Labute approximate surface area is 85.8 Å². The van der Waals surface area contributed by atoms with Gasteiger partial charge in [-0.05, 0) is 26.2 Å². The molecule has 1 atom stereocenters. The van der Waals surface area contributed by atoms with Crippen molar-refractivity contribution >= 4 is 5.97 Å². The molecule has 0 unspecified atom stereocenters. The Hall–Kier alpha value is -0.830. The molecule has 0 saturated heterocycles. The second kappa shape index (κ2) is 6.60. The predicted octanol–water partition coefficient (Wildman–Crippen LogP) is 1.90. The summed E-state index contributed by atoms with van der Waals surface area (Å²) in [7, 11) is 0. The third-order valence-electron chi connectivity index (χ3n) is 2.03. The zero-order valence-electron chi connectivity index (χ0n) is 9.41. The van der Waals surface area contributed by atoms with Crippen molar-refractivity contribution in [1.29, 1.82) is 0 Å². The lowest BCUT2D eigenvalue weighted by molar-refractivity contribution is -0.138. The van der Waals surface area contributed by atoms with E-state index < -0.39 is 0 Å². The highest BCUT2D eigenvalue weighted by Gasteiger charge is 2.09. The van der Waals surface area contributed by atoms with Gasteiger partial charge >= 0.3 is 5.97 Å². The summed E-state index contributed by atoms with van der Waals surface area (Å²) in [4.78, 5) is 11.2. The summed E-state index contributed by atoms with van der Waals surface area (Å²) in [5.74, 6) is -0.0929. The number of esters is 1. The average molecular weight is 200 g/mol. The summed E-state index contributed by atoms with van der Waals surface area (Å²) < 4.78 is 4.81. The molecule has 0 heterocycles. The lowest BCUT2D eigenvalue weighted by Gasteiger charge is -2.11. The molecule has 0 aromatic heterocycles. The number of carbonyl (C=O) groups excluding carboxylic acids is 1. The van der Waals surface area contributed by atoms with Gasteiger partial charge in [0, 0.05) is 5.57 Å². The Morgan fingerprint density at radius 2 is 2.07 bits per heavy atom. The summed E-state index contributed by atoms with van der Waals surface area (Å²) in [5.41, 5.74) is 0.562. The van der Waals surface area contributed by atoms with Crippen LogP contribution in [0.4, 0.5) is 0 Å². The zero-order valence-corrected chi connectivity index (χ0v) is 9.41. The molecule has 0 fully saturated rings. The van der Waals surface area contributed by atoms with E-state index >= 15 is 0 Å². The van der Waals surface area contributed by atoms with Crippen LogP contribution in [0, 0.1) is 5.92 Å². The van der Waals surface area contributed by atoms with Crippen LogP contribution >= 0.6 is 0 Å². The van der Waals surface area contributed by atoms with Crippen molar-refractivity contribution in [3.8, 4) is 0 Å². The average Bonchev–Trinajstić information content (AvgIpc) is 2.13. The normalized spacial score (nSPS) is 14.3. The predicted molar refractivity (Wildman–Crippen MR) is 55.9 cm³/mol. The second-order valence-electron chi connectivity index (χ2n) is 3.65. The first-order chi connectivity index (χ1) is 6.49. The van der Waals surface area contributed by atoms with Gasteiger partial charge in [0.05, 0.1) is 12.7 Å². The van der Waals surface area contributed by atoms with Gasteiger partial charge in [0.15, 0.2) is 0 Å². The molecule has 0 saturated carbocycles. The lowest BCUT2D eigenvalue weighted by Crippen LogP contribution is -2.14. The maximum Gasteiger partial charge on any atom is 0.333 e. The highest BCUT2D eigenvalue weighted by molar-refractivity contribution is 5.87. The minimum absolute atomic E-state index is 0.209. The van der Waals surface area contributed by atoms with E-state index in [1.807, 2.05) is 13.8 Å². The van der Waals surface area contributed by atoms with Crippen LogP contribution in [0.2, 0.25) is 0 Å². The molecule has 82 valence electrons. The van der Waals surface area contributed by atoms with Gasteiger partial charge in [-0.3, -0.25) is 0 Å². The lowest BCUT2D eigenvalue weighted by atomic mass is 10.0. The molecule has 0 radical (unpaired) electrons. The first-order valence-corrected chi connectivity index (χ1v) is 5.01. The molecule has 0 bridgehead atoms. The Kier molecular flexibility index (Phi) is 6.21. The highest BCUT2D eigenvalue weighted by Crippen LogP contribution is 2.08. The van der Waals surface area contributed by atoms with Crippen LogP contribution in [0.5, 0.6) is 0 Å². The molecule has 3 nitrogen and oxygen atoms in total. The molecule has 3 heteroatoms. The maximum absolute atomic E-state index is 11.2. The van der Waals surface area contributed by atoms with Gasteiger partial charge in [-0.1, -0.05) is 19.9 Å². The summed E-state index contributed by atoms with van der Waals surface area (Å²) in [6, 6.07) is 0. The number of hydrogen-bond donors (Lipinski definition) is 1. The maximum atomic E-state index is 11.2. The molecule has 0 aliphatic heterocycles. The molecule has 0 spiro atoms. The Morgan fingerprint density at radius 1 is 1.50 bits per heavy atom. The summed E-state index contributed by atoms with van der Waals surface area (Å²) in [5, 5.41) is 9.49. The van der Waals surface area contributed by atoms with E-state index in [9.17, 15) is 9.90 Å². The van der Waals surface area contributed by atoms with Gasteiger partial charge in [-0.15, -0.1) is 0 Å². The van der Waals surface area contributed by atoms with Gasteiger partial charge < -0.3 is 9.84 Å². The first-order valence-electron chi connectivity index (χ1n) is 5.01. The van der Waals surface area contributed by atoms with Crippen molar-refractivity contribution in [3.63, 3.8) is 0 Å². The van der Waals surface area contributed by atoms with E-state index in [4.69, 9.17) is 4.74 Å². The number of aliphatic hydroxyl groups is 1. The fourth-order valence-corrected chi connectivity index (χ4v) is 0.898. The molecule has 0 aromatic carbocycles. The Balaban J connectivity index is 4.05. The van der Waals surface area contributed by atoms with E-state index in [1.165, 1.54) is 0 Å². The zero-order chi connectivity index (χ0) is 11.1. The van der Waals surface area contributed by atoms with Crippen LogP contribution < -0.4 is 0 Å². The summed E-state index contributed by atoms with van der Waals surface area (Å²) in [6.45, 7) is 7.74. The van der Waals surface area contributed by atoms with E-state index in [0.717, 1.165) is 0 Å². The van der Waals surface area contributed by atoms with Crippen LogP contribution in [-0.2, 0) is 9.53 Å². The molecule has 0 aromatic rings. The van der Waals surface area contributed by atoms with Gasteiger partial charge in [0.2, 0.25) is 0 Å². The van der Waals surface area contributed by atoms with Crippen LogP contribution in [0.25, 0.3) is 0 Å². The molecular weight excluding hydrogens is 180 g/mol. The Morgan fingerprint density at radius 3 is 2.50 bits per heavy atom. The molecule has 0 aliphatic rings. The number of ether oxygens (including phenoxy) is 1. The van der Waals surface area contributed by atoms with Crippen molar-refractivity contribution in [2.45, 2.75) is 40.2 Å². The third-order valence-corrected chi connectivity index (χ3v) is 2.03. The second-order valence-corrected chi connectivity index (χ2v) is 3.65. The third kappa shape index (κ3) is 5.02. The van der Waals surface area contributed by atoms with Crippen molar-refractivity contribution in [1.82, 2.24) is 0 Å². The van der Waals surface area contributed by atoms with Crippen molar-refractivity contribution in [3.05, 3.63) is 11.6 Å². The van der Waals surface area contributed by atoms with E-state index in [2.05, 4.69) is 0 Å². The van der Waals surface area contributed by atoms with Crippen molar-refractivity contribution < 1.29 is 14.6 Å². The molecular formula is C11H20O3. The quantitative estimate of drug-likeness (QED) is 0.544. The smallest absolute Gasteiger partial charge is 0.333 e. The van der Waals surface area contributed by atoms with Gasteiger partial charge in [-0.2, -0.15) is 0 Å². The van der Waals surface area contributed by atoms with Crippen LogP contribution in [-0.4, -0.2) is 23.8 Å². The molecule has 0 rings (SSSR count). The van der Waals surface area contributed by atoms with Gasteiger partial charge in [-0.25, -0.2) is 4.79 Å². The minimum Gasteiger partial charge on any atom is -0.463 e. The number of hydrogen-bond acceptors (Lipinski definition) is 3. The van der Waals surface area contributed by atoms with E-state index in [0.29, 0.717) is 18.6 Å². The molecule has 0 amide bonds. The van der Waals surface area contributed by atoms with E-state index in [1.54, 1.807) is 19.9 Å². The molecule has 1 N–H and O–H groups in total. The fraction of sp³-hybridized carbons (Fsp3) is 0.727. The van der Waals surface area contributed by atoms with Crippen LogP contribution in [0.15, 0.2) is 11.6 Å². The first kappa shape index (κ1) is 13.2. The van der Waals surface area contributed by atoms with Gasteiger partial charge in [0.1, 0.15) is 0 Å². The van der Waals surface area contributed by atoms with Gasteiger partial charge in [0.25, 0.3) is 0 Å². The largest absolute Gasteiger partial charge is 0.463 e. The SMILES string of the molecule is CCOC(=O)/C(C)=C/C[C@H](O)C(C)C. The monoisotopic (exact) mass is 200 g/mol. The number of rotatable bonds is 5. The van der Waals surface area contributed by atoms with E-state index in [-0.39, 0.29) is 18.0 Å². The topological polar surface area (TPSA) is 46.5 Å². The van der Waals surface area contributed by atoms with Crippen LogP contribution in [0.1, 0.15) is 34.1 Å². The van der Waals surface area contributed by atoms with Crippen molar-refractivity contribution in [2.75, 3.05) is 6.61 Å². The molecule has 14 heavy (non-hydrogen) atoms. The number of aliphatic hydroxyl groups excluding tert-OH is 1. The molecule has 0 aliphatic carbocycles. The number of carbonyl (C=O) groups is 1. The fourth-order valence-electron chi connectivity index (χ4n) is 0.898. The summed E-state index contributed by atoms with van der Waals surface area (Å²) in [6.07, 6.45) is 1.84. The summed E-state index contributed by atoms with van der Waals surface area (Å²) >= 11 is 0. The standard InChI is InChI=1S/C11H20O3/c1-5-14-11(13)9(4)6-7-10(12)8(2)3/h6,8,10,12H,5,7H2,1-4H3/b9-6+/t10-/m0/s1. The minimum atomic E-state index is -0.389. The van der Waals surface area contributed by atoms with Crippen molar-refractivity contribution in [2.24, 2.45) is 5.92 Å². The van der Waals surface area contributed by atoms with Crippen LogP contribution in [0.3, 0.4) is 0 Å².